The highest BCUT2D eigenvalue weighted by molar-refractivity contribution is 14.0. The Hall–Kier alpha value is -0.150. The molecule has 0 heterocycles. The topological polar surface area (TPSA) is 45.7 Å². The number of thioether (sulfide) groups is 1. The van der Waals surface area contributed by atoms with Crippen LogP contribution in [0.15, 0.2) is 27.7 Å². The van der Waals surface area contributed by atoms with Crippen LogP contribution in [0.5, 0.6) is 5.75 Å². The van der Waals surface area contributed by atoms with E-state index in [0.717, 1.165) is 28.3 Å². The number of hydrogen-bond acceptors (Lipinski definition) is 3. The van der Waals surface area contributed by atoms with Crippen molar-refractivity contribution in [2.45, 2.75) is 25.1 Å². The molecule has 0 aliphatic rings. The van der Waals surface area contributed by atoms with Gasteiger partial charge in [-0.1, -0.05) is 15.9 Å². The molecule has 1 aromatic rings. The molecule has 126 valence electrons. The van der Waals surface area contributed by atoms with Crippen LogP contribution in [0, 0.1) is 0 Å². The summed E-state index contributed by atoms with van der Waals surface area (Å²) in [5.41, 5.74) is 1.08. The maximum atomic E-state index is 5.37. The van der Waals surface area contributed by atoms with Crippen LogP contribution in [-0.4, -0.2) is 37.7 Å². The lowest BCUT2D eigenvalue weighted by atomic mass is 10.2. The summed E-state index contributed by atoms with van der Waals surface area (Å²) >= 11 is 5.31. The van der Waals surface area contributed by atoms with Gasteiger partial charge in [-0.05, 0) is 38.3 Å². The van der Waals surface area contributed by atoms with Crippen LogP contribution in [0.1, 0.15) is 19.4 Å². The number of rotatable bonds is 6. The molecular formula is C15H25BrIN3OS. The van der Waals surface area contributed by atoms with E-state index in [0.29, 0.717) is 6.54 Å². The van der Waals surface area contributed by atoms with E-state index in [-0.39, 0.29) is 28.7 Å². The number of nitrogens with one attached hydrogen (secondary N) is 2. The summed E-state index contributed by atoms with van der Waals surface area (Å²) in [6.45, 7) is 5.91. The van der Waals surface area contributed by atoms with Gasteiger partial charge in [0.25, 0.3) is 0 Å². The first-order valence-corrected chi connectivity index (χ1v) is 8.75. The molecule has 0 saturated heterocycles. The number of hydrogen-bond donors (Lipinski definition) is 2. The smallest absolute Gasteiger partial charge is 0.191 e. The molecule has 1 rings (SSSR count). The van der Waals surface area contributed by atoms with Crippen molar-refractivity contribution in [3.05, 3.63) is 28.2 Å². The second-order valence-corrected chi connectivity index (χ2v) is 7.63. The first-order chi connectivity index (χ1) is 9.91. The van der Waals surface area contributed by atoms with Crippen LogP contribution in [0.25, 0.3) is 0 Å². The summed E-state index contributed by atoms with van der Waals surface area (Å²) in [7, 11) is 3.46. The molecule has 2 N–H and O–H groups in total. The molecule has 7 heteroatoms. The molecule has 1 aromatic carbocycles. The average Bonchev–Trinajstić information content (AvgIpc) is 2.47. The van der Waals surface area contributed by atoms with Gasteiger partial charge in [0.1, 0.15) is 5.75 Å². The van der Waals surface area contributed by atoms with Crippen molar-refractivity contribution in [1.82, 2.24) is 10.6 Å². The lowest BCUT2D eigenvalue weighted by Crippen LogP contribution is -2.43. The minimum absolute atomic E-state index is 0. The van der Waals surface area contributed by atoms with Crippen LogP contribution in [0.2, 0.25) is 0 Å². The van der Waals surface area contributed by atoms with Gasteiger partial charge in [-0.15, -0.1) is 24.0 Å². The molecule has 0 amide bonds. The Morgan fingerprint density at radius 1 is 1.36 bits per heavy atom. The number of halogens is 2. The van der Waals surface area contributed by atoms with E-state index in [9.17, 15) is 0 Å². The molecule has 0 atom stereocenters. The number of guanidine groups is 1. The molecule has 22 heavy (non-hydrogen) atoms. The average molecular weight is 502 g/mol. The zero-order valence-electron chi connectivity index (χ0n) is 13.7. The van der Waals surface area contributed by atoms with Crippen molar-refractivity contribution < 1.29 is 4.74 Å². The Balaban J connectivity index is 0.00000441. The van der Waals surface area contributed by atoms with E-state index in [1.807, 2.05) is 30.0 Å². The van der Waals surface area contributed by atoms with Crippen molar-refractivity contribution in [3.8, 4) is 5.75 Å². The van der Waals surface area contributed by atoms with Crippen molar-refractivity contribution in [3.63, 3.8) is 0 Å². The van der Waals surface area contributed by atoms with Crippen LogP contribution in [-0.2, 0) is 6.54 Å². The van der Waals surface area contributed by atoms with E-state index >= 15 is 0 Å². The largest absolute Gasteiger partial charge is 0.496 e. The van der Waals surface area contributed by atoms with Crippen molar-refractivity contribution >= 4 is 57.6 Å². The van der Waals surface area contributed by atoms with E-state index in [4.69, 9.17) is 4.74 Å². The maximum absolute atomic E-state index is 5.37. The van der Waals surface area contributed by atoms with Crippen molar-refractivity contribution in [1.29, 1.82) is 0 Å². The lowest BCUT2D eigenvalue weighted by molar-refractivity contribution is 0.409. The number of benzene rings is 1. The normalized spacial score (nSPS) is 11.6. The predicted molar refractivity (Wildman–Crippen MR) is 112 cm³/mol. The summed E-state index contributed by atoms with van der Waals surface area (Å²) in [5.74, 6) is 1.66. The third-order valence-electron chi connectivity index (χ3n) is 3.15. The summed E-state index contributed by atoms with van der Waals surface area (Å²) < 4.78 is 6.58. The van der Waals surface area contributed by atoms with E-state index in [2.05, 4.69) is 51.7 Å². The minimum Gasteiger partial charge on any atom is -0.496 e. The van der Waals surface area contributed by atoms with Gasteiger partial charge in [-0.3, -0.25) is 4.99 Å². The highest BCUT2D eigenvalue weighted by Crippen LogP contribution is 2.23. The fourth-order valence-corrected chi connectivity index (χ4v) is 2.28. The highest BCUT2D eigenvalue weighted by Gasteiger charge is 2.16. The van der Waals surface area contributed by atoms with Crippen molar-refractivity contribution in [2.75, 3.05) is 27.0 Å². The Labute approximate surface area is 163 Å². The molecule has 0 unspecified atom stereocenters. The van der Waals surface area contributed by atoms with Crippen LogP contribution < -0.4 is 15.4 Å². The van der Waals surface area contributed by atoms with Gasteiger partial charge in [0.05, 0.1) is 7.11 Å². The van der Waals surface area contributed by atoms with Gasteiger partial charge in [-0.2, -0.15) is 11.8 Å². The maximum Gasteiger partial charge on any atom is 0.191 e. The van der Waals surface area contributed by atoms with E-state index in [1.54, 1.807) is 14.2 Å². The second-order valence-electron chi connectivity index (χ2n) is 5.20. The molecule has 0 radical (unpaired) electrons. The summed E-state index contributed by atoms with van der Waals surface area (Å²) in [4.78, 5) is 4.25. The molecule has 4 nitrogen and oxygen atoms in total. The zero-order valence-corrected chi connectivity index (χ0v) is 18.4. The first-order valence-electron chi connectivity index (χ1n) is 6.74. The number of ether oxygens (including phenoxy) is 1. The molecular weight excluding hydrogens is 477 g/mol. The van der Waals surface area contributed by atoms with E-state index < -0.39 is 0 Å². The van der Waals surface area contributed by atoms with Gasteiger partial charge >= 0.3 is 0 Å². The Kier molecular flexibility index (Phi) is 10.5. The summed E-state index contributed by atoms with van der Waals surface area (Å²) in [6, 6.07) is 5.97. The number of methoxy groups -OCH3 is 1. The van der Waals surface area contributed by atoms with Gasteiger partial charge in [0, 0.05) is 34.9 Å². The molecule has 0 aliphatic heterocycles. The predicted octanol–water partition coefficient (Wildman–Crippen LogP) is 3.88. The van der Waals surface area contributed by atoms with Crippen LogP contribution in [0.4, 0.5) is 0 Å². The third-order valence-corrected chi connectivity index (χ3v) is 4.89. The van der Waals surface area contributed by atoms with Crippen molar-refractivity contribution in [2.24, 2.45) is 4.99 Å². The number of nitrogens with zero attached hydrogens (tertiary/aromatic N) is 1. The highest BCUT2D eigenvalue weighted by atomic mass is 127. The third kappa shape index (κ3) is 7.41. The first kappa shape index (κ1) is 21.9. The second kappa shape index (κ2) is 10.6. The molecule has 0 fully saturated rings. The van der Waals surface area contributed by atoms with Gasteiger partial charge in [-0.25, -0.2) is 0 Å². The summed E-state index contributed by atoms with van der Waals surface area (Å²) in [6.07, 6.45) is 2.12. The zero-order chi connectivity index (χ0) is 15.9. The molecule has 0 spiro atoms. The Bertz CT molecular complexity index is 498. The summed E-state index contributed by atoms with van der Waals surface area (Å²) in [5, 5.41) is 6.66. The van der Waals surface area contributed by atoms with Gasteiger partial charge < -0.3 is 15.4 Å². The molecule has 0 aliphatic carbocycles. The Morgan fingerprint density at radius 2 is 2.05 bits per heavy atom. The van der Waals surface area contributed by atoms with E-state index in [1.165, 1.54) is 0 Å². The lowest BCUT2D eigenvalue weighted by Gasteiger charge is -2.24. The number of aliphatic imine (C=N–C) groups is 1. The standard InChI is InChI=1S/C15H24BrN3OS.HI/c1-15(2,21-5)10-19-14(17-3)18-9-11-8-12(16)6-7-13(11)20-4;/h6-8H,9-10H2,1-5H3,(H2,17,18,19);1H. The molecule has 0 bridgehead atoms. The van der Waals surface area contributed by atoms with Gasteiger partial charge in [0.15, 0.2) is 5.96 Å². The monoisotopic (exact) mass is 501 g/mol. The van der Waals surface area contributed by atoms with Crippen LogP contribution >= 0.6 is 51.7 Å². The SMILES string of the molecule is CN=C(NCc1cc(Br)ccc1OC)NCC(C)(C)SC.I. The quantitative estimate of drug-likeness (QED) is 0.352. The van der Waals surface area contributed by atoms with Crippen LogP contribution in [0.3, 0.4) is 0 Å². The fraction of sp³-hybridized carbons (Fsp3) is 0.533. The molecule has 0 saturated carbocycles. The molecule has 0 aromatic heterocycles. The fourth-order valence-electron chi connectivity index (χ4n) is 1.65. The minimum atomic E-state index is 0. The van der Waals surface area contributed by atoms with Gasteiger partial charge in [0.2, 0.25) is 0 Å². The Morgan fingerprint density at radius 3 is 2.59 bits per heavy atom.